The molecule has 6 nitrogen and oxygen atoms in total. The van der Waals surface area contributed by atoms with Crippen LogP contribution in [0.3, 0.4) is 0 Å². The maximum absolute atomic E-state index is 11.5. The third kappa shape index (κ3) is 6.29. The van der Waals surface area contributed by atoms with Crippen molar-refractivity contribution >= 4 is 11.9 Å². The third-order valence-electron chi connectivity index (χ3n) is 3.48. The Bertz CT molecular complexity index is 592. The van der Waals surface area contributed by atoms with E-state index in [0.29, 0.717) is 11.1 Å². The lowest BCUT2D eigenvalue weighted by Crippen LogP contribution is -2.34. The summed E-state index contributed by atoms with van der Waals surface area (Å²) in [6.45, 7) is 8.69. The van der Waals surface area contributed by atoms with Crippen molar-refractivity contribution in [3.8, 4) is 0 Å². The molecule has 0 aliphatic heterocycles. The SMILES string of the molecule is CC(=O)c1ccc(C)c(C(O)C(O)CCNC(=O)OC(C)(C)C)c1. The molecular formula is C18H27NO5. The number of alkyl carbamates (subject to hydrolysis) is 1. The summed E-state index contributed by atoms with van der Waals surface area (Å²) in [6.07, 6.45) is -2.62. The standard InChI is InChI=1S/C18H27NO5/c1-11-6-7-13(12(2)20)10-14(11)16(22)15(21)8-9-19-17(23)24-18(3,4)5/h6-7,10,15-16,21-22H,8-9H2,1-5H3,(H,19,23). The molecule has 0 bridgehead atoms. The van der Waals surface area contributed by atoms with Crippen LogP contribution < -0.4 is 5.32 Å². The minimum absolute atomic E-state index is 0.107. The van der Waals surface area contributed by atoms with Crippen molar-refractivity contribution < 1.29 is 24.5 Å². The Morgan fingerprint density at radius 3 is 2.42 bits per heavy atom. The average molecular weight is 337 g/mol. The predicted octanol–water partition coefficient (Wildman–Crippen LogP) is 2.51. The van der Waals surface area contributed by atoms with Crippen LogP contribution in [0, 0.1) is 6.92 Å². The van der Waals surface area contributed by atoms with E-state index in [1.54, 1.807) is 45.9 Å². The van der Waals surface area contributed by atoms with E-state index in [0.717, 1.165) is 5.56 Å². The highest BCUT2D eigenvalue weighted by atomic mass is 16.6. The van der Waals surface area contributed by atoms with Gasteiger partial charge in [-0.05, 0) is 58.2 Å². The van der Waals surface area contributed by atoms with Gasteiger partial charge in [0.2, 0.25) is 0 Å². The highest BCUT2D eigenvalue weighted by Gasteiger charge is 2.22. The lowest BCUT2D eigenvalue weighted by Gasteiger charge is -2.22. The number of ketones is 1. The molecule has 24 heavy (non-hydrogen) atoms. The summed E-state index contributed by atoms with van der Waals surface area (Å²) in [7, 11) is 0. The molecule has 3 N–H and O–H groups in total. The number of hydrogen-bond acceptors (Lipinski definition) is 5. The summed E-state index contributed by atoms with van der Waals surface area (Å²) < 4.78 is 5.09. The molecule has 0 aliphatic rings. The summed E-state index contributed by atoms with van der Waals surface area (Å²) in [5.74, 6) is -0.107. The van der Waals surface area contributed by atoms with Gasteiger partial charge in [-0.15, -0.1) is 0 Å². The number of hydrogen-bond donors (Lipinski definition) is 3. The van der Waals surface area contributed by atoms with E-state index in [1.807, 2.05) is 0 Å². The van der Waals surface area contributed by atoms with E-state index in [4.69, 9.17) is 4.74 Å². The normalized spacial score (nSPS) is 14.0. The molecule has 0 saturated heterocycles. The molecule has 0 radical (unpaired) electrons. The van der Waals surface area contributed by atoms with Gasteiger partial charge in [0.1, 0.15) is 11.7 Å². The lowest BCUT2D eigenvalue weighted by atomic mass is 9.95. The highest BCUT2D eigenvalue weighted by molar-refractivity contribution is 5.94. The van der Waals surface area contributed by atoms with Gasteiger partial charge in [0.25, 0.3) is 0 Å². The van der Waals surface area contributed by atoms with Crippen molar-refractivity contribution in [1.29, 1.82) is 0 Å². The topological polar surface area (TPSA) is 95.9 Å². The molecule has 2 unspecified atom stereocenters. The number of carbonyl (C=O) groups excluding carboxylic acids is 2. The quantitative estimate of drug-likeness (QED) is 0.693. The molecule has 1 amide bonds. The van der Waals surface area contributed by atoms with Gasteiger partial charge in [0.05, 0.1) is 6.10 Å². The fourth-order valence-corrected chi connectivity index (χ4v) is 2.18. The summed E-state index contributed by atoms with van der Waals surface area (Å²) in [5.41, 5.74) is 1.18. The van der Waals surface area contributed by atoms with Crippen LogP contribution in [-0.2, 0) is 4.74 Å². The van der Waals surface area contributed by atoms with Crippen LogP contribution in [0.25, 0.3) is 0 Å². The van der Waals surface area contributed by atoms with Gasteiger partial charge >= 0.3 is 6.09 Å². The molecule has 1 rings (SSSR count). The van der Waals surface area contributed by atoms with Crippen LogP contribution in [0.15, 0.2) is 18.2 Å². The molecule has 134 valence electrons. The van der Waals surface area contributed by atoms with Gasteiger partial charge in [0.15, 0.2) is 5.78 Å². The van der Waals surface area contributed by atoms with Crippen molar-refractivity contribution in [2.75, 3.05) is 6.54 Å². The first-order chi connectivity index (χ1) is 11.0. The molecule has 0 aliphatic carbocycles. The van der Waals surface area contributed by atoms with Crippen molar-refractivity contribution in [1.82, 2.24) is 5.32 Å². The summed E-state index contributed by atoms with van der Waals surface area (Å²) >= 11 is 0. The summed E-state index contributed by atoms with van der Waals surface area (Å²) in [6, 6.07) is 5.01. The number of carbonyl (C=O) groups is 2. The zero-order valence-corrected chi connectivity index (χ0v) is 14.9. The lowest BCUT2D eigenvalue weighted by molar-refractivity contribution is 0.0119. The minimum atomic E-state index is -1.13. The molecule has 0 spiro atoms. The van der Waals surface area contributed by atoms with Crippen molar-refractivity contribution in [2.24, 2.45) is 0 Å². The van der Waals surface area contributed by atoms with E-state index in [2.05, 4.69) is 5.32 Å². The first kappa shape index (κ1) is 20.1. The van der Waals surface area contributed by atoms with Crippen molar-refractivity contribution in [2.45, 2.75) is 58.8 Å². The molecule has 2 atom stereocenters. The van der Waals surface area contributed by atoms with Crippen LogP contribution in [-0.4, -0.2) is 40.3 Å². The molecule has 1 aromatic rings. The Balaban J connectivity index is 2.62. The number of rotatable bonds is 6. The summed E-state index contributed by atoms with van der Waals surface area (Å²) in [4.78, 5) is 23.0. The predicted molar refractivity (Wildman–Crippen MR) is 91.0 cm³/mol. The number of aryl methyl sites for hydroxylation is 1. The molecule has 0 aromatic heterocycles. The van der Waals surface area contributed by atoms with Crippen LogP contribution in [0.4, 0.5) is 4.79 Å². The molecule has 0 heterocycles. The van der Waals surface area contributed by atoms with Gasteiger partial charge in [0, 0.05) is 12.1 Å². The van der Waals surface area contributed by atoms with Crippen LogP contribution in [0.1, 0.15) is 61.7 Å². The smallest absolute Gasteiger partial charge is 0.407 e. The number of nitrogens with one attached hydrogen (secondary N) is 1. The van der Waals surface area contributed by atoms with Crippen LogP contribution >= 0.6 is 0 Å². The largest absolute Gasteiger partial charge is 0.444 e. The molecule has 6 heteroatoms. The van der Waals surface area contributed by atoms with Gasteiger partial charge in [-0.1, -0.05) is 12.1 Å². The van der Waals surface area contributed by atoms with Crippen LogP contribution in [0.2, 0.25) is 0 Å². The fraction of sp³-hybridized carbons (Fsp3) is 0.556. The Morgan fingerprint density at radius 2 is 1.88 bits per heavy atom. The second kappa shape index (κ2) is 8.26. The Hall–Kier alpha value is -1.92. The fourth-order valence-electron chi connectivity index (χ4n) is 2.18. The van der Waals surface area contributed by atoms with Gasteiger partial charge in [-0.2, -0.15) is 0 Å². The van der Waals surface area contributed by atoms with E-state index >= 15 is 0 Å². The molecule has 1 aromatic carbocycles. The zero-order valence-electron chi connectivity index (χ0n) is 14.9. The van der Waals surface area contributed by atoms with Gasteiger partial charge < -0.3 is 20.3 Å². The minimum Gasteiger partial charge on any atom is -0.444 e. The summed E-state index contributed by atoms with van der Waals surface area (Å²) in [5, 5.41) is 23.0. The molecular weight excluding hydrogens is 310 g/mol. The highest BCUT2D eigenvalue weighted by Crippen LogP contribution is 2.24. The maximum Gasteiger partial charge on any atom is 0.407 e. The van der Waals surface area contributed by atoms with Crippen LogP contribution in [0.5, 0.6) is 0 Å². The Kier molecular flexibility index (Phi) is 6.93. The molecule has 0 saturated carbocycles. The number of aliphatic hydroxyl groups excluding tert-OH is 2. The Labute approximate surface area is 142 Å². The second-order valence-electron chi connectivity index (χ2n) is 6.86. The van der Waals surface area contributed by atoms with E-state index in [1.165, 1.54) is 6.92 Å². The first-order valence-corrected chi connectivity index (χ1v) is 7.95. The number of amides is 1. The number of Topliss-reactive ketones (excluding diaryl/α,β-unsaturated/α-hetero) is 1. The monoisotopic (exact) mass is 337 g/mol. The molecule has 0 fully saturated rings. The zero-order chi connectivity index (χ0) is 18.5. The van der Waals surface area contributed by atoms with Gasteiger partial charge in [-0.3, -0.25) is 4.79 Å². The van der Waals surface area contributed by atoms with E-state index < -0.39 is 23.9 Å². The van der Waals surface area contributed by atoms with Crippen molar-refractivity contribution in [3.05, 3.63) is 34.9 Å². The number of benzene rings is 1. The van der Waals surface area contributed by atoms with E-state index in [9.17, 15) is 19.8 Å². The number of aliphatic hydroxyl groups is 2. The Morgan fingerprint density at radius 1 is 1.25 bits per heavy atom. The first-order valence-electron chi connectivity index (χ1n) is 7.95. The average Bonchev–Trinajstić information content (AvgIpc) is 2.44. The second-order valence-corrected chi connectivity index (χ2v) is 6.86. The number of ether oxygens (including phenoxy) is 1. The van der Waals surface area contributed by atoms with E-state index in [-0.39, 0.29) is 18.7 Å². The van der Waals surface area contributed by atoms with Crippen molar-refractivity contribution in [3.63, 3.8) is 0 Å². The maximum atomic E-state index is 11.5. The van der Waals surface area contributed by atoms with Gasteiger partial charge in [-0.25, -0.2) is 4.79 Å². The third-order valence-corrected chi connectivity index (χ3v) is 3.48.